The molecule has 0 aliphatic carbocycles. The van der Waals surface area contributed by atoms with Crippen LogP contribution in [0.5, 0.6) is 11.5 Å². The molecule has 0 bridgehead atoms. The first-order valence-electron chi connectivity index (χ1n) is 6.85. The zero-order valence-electron chi connectivity index (χ0n) is 12.3. The molecule has 0 heterocycles. The van der Waals surface area contributed by atoms with Crippen LogP contribution in [0.2, 0.25) is 0 Å². The van der Waals surface area contributed by atoms with Crippen molar-refractivity contribution in [2.45, 2.75) is 38.0 Å². The zero-order chi connectivity index (χ0) is 15.9. The smallest absolute Gasteiger partial charge is 0.296 e. The van der Waals surface area contributed by atoms with Crippen molar-refractivity contribution in [1.29, 1.82) is 0 Å². The number of unbranched alkanes of at least 4 members (excludes halogenated alkanes) is 3. The van der Waals surface area contributed by atoms with Gasteiger partial charge in [-0.05, 0) is 18.6 Å². The fourth-order valence-electron chi connectivity index (χ4n) is 1.84. The Morgan fingerprint density at radius 1 is 1.19 bits per heavy atom. The highest BCUT2D eigenvalue weighted by molar-refractivity contribution is 7.85. The number of methoxy groups -OCH3 is 1. The minimum absolute atomic E-state index is 0.0210. The number of rotatable bonds is 9. The maximum atomic E-state index is 10.9. The third-order valence-corrected chi connectivity index (χ3v) is 3.85. The fraction of sp³-hybridized carbons (Fsp3) is 0.571. The van der Waals surface area contributed by atoms with Gasteiger partial charge in [0.1, 0.15) is 0 Å². The molecule has 1 unspecified atom stereocenters. The second kappa shape index (κ2) is 8.21. The van der Waals surface area contributed by atoms with Gasteiger partial charge in [-0.25, -0.2) is 0 Å². The van der Waals surface area contributed by atoms with Crippen LogP contribution in [0, 0.1) is 0 Å². The van der Waals surface area contributed by atoms with Crippen LogP contribution in [0.3, 0.4) is 0 Å². The van der Waals surface area contributed by atoms with Gasteiger partial charge in [-0.3, -0.25) is 4.55 Å². The van der Waals surface area contributed by atoms with E-state index in [1.54, 1.807) is 0 Å². The maximum absolute atomic E-state index is 10.9. The number of ether oxygens (including phenoxy) is 2. The summed E-state index contributed by atoms with van der Waals surface area (Å²) in [6.07, 6.45) is 4.30. The second-order valence-electron chi connectivity index (χ2n) is 4.69. The molecular weight excluding hydrogens is 296 g/mol. The van der Waals surface area contributed by atoms with E-state index in [-0.39, 0.29) is 5.56 Å². The highest BCUT2D eigenvalue weighted by atomic mass is 32.2. The summed E-state index contributed by atoms with van der Waals surface area (Å²) < 4.78 is 41.4. The largest absolute Gasteiger partial charge is 0.493 e. The molecule has 2 N–H and O–H groups in total. The summed E-state index contributed by atoms with van der Waals surface area (Å²) in [5, 5.41) is 9.51. The van der Waals surface area contributed by atoms with E-state index in [2.05, 4.69) is 6.92 Å². The standard InChI is InChI=1S/C14H22O6S/c1-3-4-5-6-9-20-12-8-7-11(10-13(12)19-2)14(15)21(16,17)18/h7-8,10,14-15H,3-6,9H2,1-2H3,(H,16,17,18). The van der Waals surface area contributed by atoms with Crippen LogP contribution in [-0.2, 0) is 10.1 Å². The molecule has 0 fully saturated rings. The van der Waals surface area contributed by atoms with E-state index in [0.29, 0.717) is 18.1 Å². The number of aliphatic hydroxyl groups is 1. The predicted octanol–water partition coefficient (Wildman–Crippen LogP) is 2.53. The molecule has 0 saturated carbocycles. The summed E-state index contributed by atoms with van der Waals surface area (Å²) in [4.78, 5) is 0. The SMILES string of the molecule is CCCCCCOc1ccc(C(O)S(=O)(=O)O)cc1OC. The fourth-order valence-corrected chi connectivity index (χ4v) is 2.33. The number of benzene rings is 1. The van der Waals surface area contributed by atoms with Crippen LogP contribution < -0.4 is 9.47 Å². The van der Waals surface area contributed by atoms with Crippen molar-refractivity contribution in [3.63, 3.8) is 0 Å². The molecule has 21 heavy (non-hydrogen) atoms. The summed E-state index contributed by atoms with van der Waals surface area (Å²) in [5.74, 6) is 0.783. The van der Waals surface area contributed by atoms with E-state index in [1.807, 2.05) is 0 Å². The molecule has 0 spiro atoms. The lowest BCUT2D eigenvalue weighted by molar-refractivity contribution is 0.237. The van der Waals surface area contributed by atoms with E-state index in [4.69, 9.17) is 14.0 Å². The maximum Gasteiger partial charge on any atom is 0.296 e. The van der Waals surface area contributed by atoms with Crippen LogP contribution in [0.4, 0.5) is 0 Å². The lowest BCUT2D eigenvalue weighted by Crippen LogP contribution is -2.11. The first-order valence-corrected chi connectivity index (χ1v) is 8.35. The van der Waals surface area contributed by atoms with Crippen molar-refractivity contribution in [2.75, 3.05) is 13.7 Å². The zero-order valence-corrected chi connectivity index (χ0v) is 13.1. The van der Waals surface area contributed by atoms with E-state index in [0.717, 1.165) is 25.7 Å². The molecular formula is C14H22O6S. The van der Waals surface area contributed by atoms with Gasteiger partial charge < -0.3 is 14.6 Å². The second-order valence-corrected chi connectivity index (χ2v) is 6.16. The van der Waals surface area contributed by atoms with Crippen LogP contribution >= 0.6 is 0 Å². The molecule has 7 heteroatoms. The molecule has 0 aliphatic rings. The average molecular weight is 318 g/mol. The van der Waals surface area contributed by atoms with Crippen molar-refractivity contribution in [2.24, 2.45) is 0 Å². The minimum atomic E-state index is -4.56. The van der Waals surface area contributed by atoms with Gasteiger partial charge in [0, 0.05) is 5.56 Å². The predicted molar refractivity (Wildman–Crippen MR) is 79.1 cm³/mol. The molecule has 0 amide bonds. The molecule has 0 aliphatic heterocycles. The lowest BCUT2D eigenvalue weighted by atomic mass is 10.2. The first kappa shape index (κ1) is 17.7. The van der Waals surface area contributed by atoms with Crippen molar-refractivity contribution >= 4 is 10.1 Å². The molecule has 1 atom stereocenters. The summed E-state index contributed by atoms with van der Waals surface area (Å²) in [5.41, 5.74) is -1.97. The monoisotopic (exact) mass is 318 g/mol. The molecule has 1 aromatic rings. The van der Waals surface area contributed by atoms with E-state index in [1.165, 1.54) is 25.3 Å². The van der Waals surface area contributed by atoms with Gasteiger partial charge >= 0.3 is 0 Å². The topological polar surface area (TPSA) is 93.1 Å². The Morgan fingerprint density at radius 3 is 2.48 bits per heavy atom. The molecule has 1 rings (SSSR count). The Balaban J connectivity index is 2.75. The molecule has 6 nitrogen and oxygen atoms in total. The highest BCUT2D eigenvalue weighted by Gasteiger charge is 2.23. The van der Waals surface area contributed by atoms with Gasteiger partial charge in [0.25, 0.3) is 10.1 Å². The molecule has 120 valence electrons. The molecule has 0 saturated heterocycles. The third kappa shape index (κ3) is 5.53. The normalized spacial score (nSPS) is 13.0. The first-order chi connectivity index (χ1) is 9.90. The Hall–Kier alpha value is -1.31. The highest BCUT2D eigenvalue weighted by Crippen LogP contribution is 2.31. The van der Waals surface area contributed by atoms with E-state index < -0.39 is 15.6 Å². The van der Waals surface area contributed by atoms with E-state index in [9.17, 15) is 13.5 Å². The van der Waals surface area contributed by atoms with Crippen molar-refractivity contribution in [3.05, 3.63) is 23.8 Å². The third-order valence-electron chi connectivity index (χ3n) is 3.01. The summed E-state index contributed by atoms with van der Waals surface area (Å²) in [7, 11) is -3.14. The van der Waals surface area contributed by atoms with Crippen molar-refractivity contribution in [3.8, 4) is 11.5 Å². The van der Waals surface area contributed by atoms with Gasteiger partial charge in [0.05, 0.1) is 13.7 Å². The van der Waals surface area contributed by atoms with E-state index >= 15 is 0 Å². The summed E-state index contributed by atoms with van der Waals surface area (Å²) in [6, 6.07) is 4.23. The minimum Gasteiger partial charge on any atom is -0.493 e. The Morgan fingerprint density at radius 2 is 1.90 bits per heavy atom. The van der Waals surface area contributed by atoms with Gasteiger partial charge in [0.15, 0.2) is 11.5 Å². The quantitative estimate of drug-likeness (QED) is 0.537. The van der Waals surface area contributed by atoms with Crippen molar-refractivity contribution in [1.82, 2.24) is 0 Å². The molecule has 0 aromatic heterocycles. The van der Waals surface area contributed by atoms with Crippen LogP contribution in [0.25, 0.3) is 0 Å². The van der Waals surface area contributed by atoms with Gasteiger partial charge in [-0.2, -0.15) is 8.42 Å². The Bertz CT molecular complexity index is 540. The summed E-state index contributed by atoms with van der Waals surface area (Å²) in [6.45, 7) is 2.67. The molecule has 1 aromatic carbocycles. The van der Waals surface area contributed by atoms with Gasteiger partial charge in [0.2, 0.25) is 5.44 Å². The average Bonchev–Trinajstić information content (AvgIpc) is 2.45. The van der Waals surface area contributed by atoms with Crippen molar-refractivity contribution < 1.29 is 27.6 Å². The lowest BCUT2D eigenvalue weighted by Gasteiger charge is -2.14. The number of aliphatic hydroxyl groups excluding tert-OH is 1. The Kier molecular flexibility index (Phi) is 6.94. The number of hydrogen-bond acceptors (Lipinski definition) is 5. The van der Waals surface area contributed by atoms with Crippen LogP contribution in [0.1, 0.15) is 43.6 Å². The van der Waals surface area contributed by atoms with Gasteiger partial charge in [-0.15, -0.1) is 0 Å². The number of hydrogen-bond donors (Lipinski definition) is 2. The Labute approximate surface area is 125 Å². The van der Waals surface area contributed by atoms with Crippen LogP contribution in [0.15, 0.2) is 18.2 Å². The van der Waals surface area contributed by atoms with Crippen LogP contribution in [-0.4, -0.2) is 31.8 Å². The van der Waals surface area contributed by atoms with Gasteiger partial charge in [-0.1, -0.05) is 32.3 Å². The summed E-state index contributed by atoms with van der Waals surface area (Å²) >= 11 is 0. The molecule has 0 radical (unpaired) electrons.